The molecule has 7 heteroatoms. The van der Waals surface area contributed by atoms with Gasteiger partial charge in [-0.3, -0.25) is 4.90 Å². The Bertz CT molecular complexity index is 612. The molecule has 1 saturated carbocycles. The van der Waals surface area contributed by atoms with E-state index < -0.39 is 5.97 Å². The van der Waals surface area contributed by atoms with Gasteiger partial charge < -0.3 is 20.7 Å². The Morgan fingerprint density at radius 1 is 1.43 bits per heavy atom. The van der Waals surface area contributed by atoms with Crippen LogP contribution in [0, 0.1) is 0 Å². The first-order chi connectivity index (χ1) is 10.9. The standard InChI is InChI=1S/C16H23BN2O4/c17-6-3-10-1-2-12(13(14(10)20)15(21)22)23-11-7-19(8-11)9-16(18)4-5-16/h1-2,11,20H,3-9,17-18H2,(H,21,22). The minimum Gasteiger partial charge on any atom is -0.507 e. The van der Waals surface area contributed by atoms with Crippen LogP contribution in [0.15, 0.2) is 12.1 Å². The zero-order valence-corrected chi connectivity index (χ0v) is 13.4. The van der Waals surface area contributed by atoms with E-state index in [4.69, 9.17) is 10.5 Å². The van der Waals surface area contributed by atoms with Crippen molar-refractivity contribution in [1.82, 2.24) is 4.90 Å². The van der Waals surface area contributed by atoms with Crippen molar-refractivity contribution in [3.05, 3.63) is 23.3 Å². The number of carbonyl (C=O) groups is 1. The predicted octanol–water partition coefficient (Wildman–Crippen LogP) is 0.239. The summed E-state index contributed by atoms with van der Waals surface area (Å²) in [5, 5.41) is 19.6. The van der Waals surface area contributed by atoms with Gasteiger partial charge in [0.1, 0.15) is 31.0 Å². The number of aromatic carboxylic acids is 1. The van der Waals surface area contributed by atoms with Crippen LogP contribution < -0.4 is 10.5 Å². The van der Waals surface area contributed by atoms with E-state index in [2.05, 4.69) is 4.90 Å². The van der Waals surface area contributed by atoms with Gasteiger partial charge in [0.25, 0.3) is 0 Å². The Morgan fingerprint density at radius 3 is 2.70 bits per heavy atom. The number of aryl methyl sites for hydroxylation is 1. The van der Waals surface area contributed by atoms with Crippen LogP contribution in [-0.2, 0) is 6.42 Å². The Balaban J connectivity index is 1.66. The second-order valence-corrected chi connectivity index (χ2v) is 6.80. The molecule has 4 N–H and O–H groups in total. The molecule has 1 heterocycles. The number of likely N-dealkylation sites (tertiary alicyclic amines) is 1. The number of ether oxygens (including phenoxy) is 1. The van der Waals surface area contributed by atoms with Gasteiger partial charge in [0.15, 0.2) is 0 Å². The fourth-order valence-electron chi connectivity index (χ4n) is 3.06. The van der Waals surface area contributed by atoms with Crippen molar-refractivity contribution >= 4 is 13.8 Å². The first-order valence-electron chi connectivity index (χ1n) is 8.18. The third-order valence-electron chi connectivity index (χ3n) is 4.60. The maximum atomic E-state index is 11.5. The summed E-state index contributed by atoms with van der Waals surface area (Å²) >= 11 is 0. The van der Waals surface area contributed by atoms with Gasteiger partial charge in [-0.2, -0.15) is 0 Å². The van der Waals surface area contributed by atoms with Crippen LogP contribution in [0.2, 0.25) is 6.32 Å². The fraction of sp³-hybridized carbons (Fsp3) is 0.562. The van der Waals surface area contributed by atoms with Crippen LogP contribution in [-0.4, -0.2) is 60.2 Å². The molecule has 23 heavy (non-hydrogen) atoms. The second-order valence-electron chi connectivity index (χ2n) is 6.80. The Kier molecular flexibility index (Phi) is 4.25. The molecule has 2 aliphatic rings. The number of carboxylic acid groups (broad SMARTS) is 1. The molecule has 0 radical (unpaired) electrons. The molecular weight excluding hydrogens is 295 g/mol. The van der Waals surface area contributed by atoms with E-state index >= 15 is 0 Å². The Hall–Kier alpha value is -1.73. The van der Waals surface area contributed by atoms with Crippen LogP contribution in [0.25, 0.3) is 0 Å². The lowest BCUT2D eigenvalue weighted by Crippen LogP contribution is -2.57. The molecule has 6 nitrogen and oxygen atoms in total. The first kappa shape index (κ1) is 16.1. The molecule has 1 aromatic rings. The molecule has 1 saturated heterocycles. The molecule has 0 spiro atoms. The molecule has 2 fully saturated rings. The number of hydrogen-bond acceptors (Lipinski definition) is 5. The number of nitrogens with two attached hydrogens (primary N) is 1. The van der Waals surface area contributed by atoms with Crippen LogP contribution >= 0.6 is 0 Å². The highest BCUT2D eigenvalue weighted by Gasteiger charge is 2.43. The molecule has 0 atom stereocenters. The van der Waals surface area contributed by atoms with E-state index in [0.717, 1.165) is 38.8 Å². The van der Waals surface area contributed by atoms with E-state index in [9.17, 15) is 15.0 Å². The summed E-state index contributed by atoms with van der Waals surface area (Å²) in [5.41, 5.74) is 6.59. The molecule has 3 rings (SSSR count). The van der Waals surface area contributed by atoms with Crippen LogP contribution in [0.4, 0.5) is 0 Å². The third kappa shape index (κ3) is 3.45. The van der Waals surface area contributed by atoms with Crippen molar-refractivity contribution < 1.29 is 19.7 Å². The zero-order valence-electron chi connectivity index (χ0n) is 13.4. The minimum absolute atomic E-state index is 0.0166. The Labute approximate surface area is 136 Å². The van der Waals surface area contributed by atoms with Gasteiger partial charge in [0.2, 0.25) is 0 Å². The van der Waals surface area contributed by atoms with Gasteiger partial charge in [0, 0.05) is 25.2 Å². The number of phenols is 1. The van der Waals surface area contributed by atoms with Crippen molar-refractivity contribution in [3.63, 3.8) is 0 Å². The lowest BCUT2D eigenvalue weighted by molar-refractivity contribution is 0.0137. The minimum atomic E-state index is -1.16. The predicted molar refractivity (Wildman–Crippen MR) is 89.1 cm³/mol. The average molecular weight is 318 g/mol. The number of rotatable bonds is 7. The molecule has 1 aliphatic heterocycles. The van der Waals surface area contributed by atoms with Crippen molar-refractivity contribution in [1.29, 1.82) is 0 Å². The SMILES string of the molecule is BCCc1ccc(OC2CN(CC3(N)CC3)C2)c(C(=O)O)c1O. The van der Waals surface area contributed by atoms with Gasteiger partial charge in [0.05, 0.1) is 0 Å². The molecular formula is C16H23BN2O4. The normalized spacial score (nSPS) is 20.0. The summed E-state index contributed by atoms with van der Waals surface area (Å²) in [5.74, 6) is -1.09. The van der Waals surface area contributed by atoms with Crippen molar-refractivity contribution in [2.45, 2.75) is 37.2 Å². The van der Waals surface area contributed by atoms with Crippen LogP contribution in [0.5, 0.6) is 11.5 Å². The van der Waals surface area contributed by atoms with E-state index in [1.165, 1.54) is 0 Å². The van der Waals surface area contributed by atoms with Gasteiger partial charge in [-0.05, 0) is 30.9 Å². The number of carboxylic acids is 1. The van der Waals surface area contributed by atoms with Crippen LogP contribution in [0.1, 0.15) is 28.8 Å². The summed E-state index contributed by atoms with van der Waals surface area (Å²) in [7, 11) is 1.98. The smallest absolute Gasteiger partial charge is 0.343 e. The number of benzene rings is 1. The first-order valence-corrected chi connectivity index (χ1v) is 8.18. The summed E-state index contributed by atoms with van der Waals surface area (Å²) in [4.78, 5) is 13.7. The van der Waals surface area contributed by atoms with E-state index in [1.54, 1.807) is 12.1 Å². The van der Waals surface area contributed by atoms with E-state index in [0.29, 0.717) is 12.0 Å². The molecule has 1 aliphatic carbocycles. The molecule has 124 valence electrons. The molecule has 1 aromatic carbocycles. The summed E-state index contributed by atoms with van der Waals surface area (Å²) in [6.07, 6.45) is 3.58. The van der Waals surface area contributed by atoms with Gasteiger partial charge in [-0.1, -0.05) is 12.4 Å². The molecule has 0 amide bonds. The molecule has 0 bridgehead atoms. The highest BCUT2D eigenvalue weighted by atomic mass is 16.5. The summed E-state index contributed by atoms with van der Waals surface area (Å²) in [6.45, 7) is 2.37. The summed E-state index contributed by atoms with van der Waals surface area (Å²) < 4.78 is 5.80. The van der Waals surface area contributed by atoms with Crippen molar-refractivity contribution in [2.24, 2.45) is 5.73 Å². The topological polar surface area (TPSA) is 96.0 Å². The van der Waals surface area contributed by atoms with E-state index in [1.807, 2.05) is 7.85 Å². The lowest BCUT2D eigenvalue weighted by atomic mass is 9.95. The molecule has 0 unspecified atom stereocenters. The highest BCUT2D eigenvalue weighted by molar-refractivity contribution is 6.08. The van der Waals surface area contributed by atoms with Crippen LogP contribution in [0.3, 0.4) is 0 Å². The fourth-order valence-corrected chi connectivity index (χ4v) is 3.06. The van der Waals surface area contributed by atoms with Gasteiger partial charge in [-0.15, -0.1) is 0 Å². The van der Waals surface area contributed by atoms with Crippen molar-refractivity contribution in [2.75, 3.05) is 19.6 Å². The monoisotopic (exact) mass is 318 g/mol. The third-order valence-corrected chi connectivity index (χ3v) is 4.60. The van der Waals surface area contributed by atoms with Gasteiger partial charge in [-0.25, -0.2) is 4.79 Å². The Morgan fingerprint density at radius 2 is 2.13 bits per heavy atom. The van der Waals surface area contributed by atoms with E-state index in [-0.39, 0.29) is 28.7 Å². The quantitative estimate of drug-likeness (QED) is 0.623. The lowest BCUT2D eigenvalue weighted by Gasteiger charge is -2.40. The molecule has 0 aromatic heterocycles. The summed E-state index contributed by atoms with van der Waals surface area (Å²) in [6, 6.07) is 3.40. The average Bonchev–Trinajstić information content (AvgIpc) is 3.17. The second kappa shape index (κ2) is 6.05. The highest BCUT2D eigenvalue weighted by Crippen LogP contribution is 2.36. The number of nitrogens with zero attached hydrogens (tertiary/aromatic N) is 1. The van der Waals surface area contributed by atoms with Gasteiger partial charge >= 0.3 is 5.97 Å². The van der Waals surface area contributed by atoms with Crippen molar-refractivity contribution in [3.8, 4) is 11.5 Å². The maximum absolute atomic E-state index is 11.5. The zero-order chi connectivity index (χ0) is 16.6. The largest absolute Gasteiger partial charge is 0.507 e. The number of aromatic hydroxyl groups is 1. The maximum Gasteiger partial charge on any atom is 0.343 e. The number of hydrogen-bond donors (Lipinski definition) is 3.